The second-order valence-corrected chi connectivity index (χ2v) is 6.58. The van der Waals surface area contributed by atoms with Crippen LogP contribution in [0.5, 0.6) is 0 Å². The van der Waals surface area contributed by atoms with Crippen LogP contribution in [-0.2, 0) is 0 Å². The van der Waals surface area contributed by atoms with E-state index < -0.39 is 0 Å². The molecule has 1 aliphatic heterocycles. The molecule has 0 aliphatic carbocycles. The molecule has 2 aromatic rings. The summed E-state index contributed by atoms with van der Waals surface area (Å²) < 4.78 is 0. The molecule has 23 heavy (non-hydrogen) atoms. The molecule has 2 heteroatoms. The lowest BCUT2D eigenvalue weighted by atomic mass is 9.90. The Morgan fingerprint density at radius 2 is 1.57 bits per heavy atom. The minimum atomic E-state index is 1.07. The van der Waals surface area contributed by atoms with Crippen molar-refractivity contribution in [1.29, 1.82) is 0 Å². The molecule has 118 valence electrons. The second-order valence-electron chi connectivity index (χ2n) is 6.58. The monoisotopic (exact) mass is 304 g/mol. The molecule has 2 nitrogen and oxygen atoms in total. The standard InChI is InChI=1S/C21H24N2/c1-12-8-7-9-13(2)18(12)19(20-14(3)10-16(5)22-20)21-15(4)11-17(6)23-21/h7-11,22H,1-6H3/b21-19+. The predicted molar refractivity (Wildman–Crippen MR) is 99.1 cm³/mol. The maximum atomic E-state index is 4.84. The number of benzene rings is 1. The van der Waals surface area contributed by atoms with Crippen molar-refractivity contribution in [2.45, 2.75) is 41.5 Å². The summed E-state index contributed by atoms with van der Waals surface area (Å²) in [4.78, 5) is 8.39. The zero-order valence-corrected chi connectivity index (χ0v) is 14.8. The van der Waals surface area contributed by atoms with Gasteiger partial charge >= 0.3 is 0 Å². The highest BCUT2D eigenvalue weighted by Gasteiger charge is 2.22. The molecular formula is C21H24N2. The summed E-state index contributed by atoms with van der Waals surface area (Å²) in [5.74, 6) is 0. The van der Waals surface area contributed by atoms with Crippen LogP contribution >= 0.6 is 0 Å². The summed E-state index contributed by atoms with van der Waals surface area (Å²) >= 11 is 0. The van der Waals surface area contributed by atoms with Gasteiger partial charge in [0.15, 0.2) is 0 Å². The van der Waals surface area contributed by atoms with Crippen molar-refractivity contribution in [3.8, 4) is 0 Å². The molecule has 0 amide bonds. The Kier molecular flexibility index (Phi) is 3.85. The van der Waals surface area contributed by atoms with Crippen molar-refractivity contribution in [2.24, 2.45) is 4.99 Å². The number of hydrogen-bond donors (Lipinski definition) is 1. The molecule has 0 radical (unpaired) electrons. The second kappa shape index (κ2) is 5.69. The maximum Gasteiger partial charge on any atom is 0.0762 e. The lowest BCUT2D eigenvalue weighted by Crippen LogP contribution is -2.01. The Bertz CT molecular complexity index is 853. The summed E-state index contributed by atoms with van der Waals surface area (Å²) in [6.07, 6.45) is 2.16. The van der Waals surface area contributed by atoms with Gasteiger partial charge in [-0.1, -0.05) is 18.2 Å². The lowest BCUT2D eigenvalue weighted by molar-refractivity contribution is 1.20. The number of hydrogen-bond acceptors (Lipinski definition) is 1. The van der Waals surface area contributed by atoms with Crippen LogP contribution in [0.25, 0.3) is 5.57 Å². The van der Waals surface area contributed by atoms with Crippen LogP contribution in [0.15, 0.2) is 46.6 Å². The number of H-pyrrole nitrogens is 1. The normalized spacial score (nSPS) is 16.4. The van der Waals surface area contributed by atoms with E-state index in [1.807, 2.05) is 0 Å². The number of nitrogens with zero attached hydrogens (tertiary/aromatic N) is 1. The molecule has 0 unspecified atom stereocenters. The summed E-state index contributed by atoms with van der Waals surface area (Å²) in [7, 11) is 0. The zero-order chi connectivity index (χ0) is 16.7. The van der Waals surface area contributed by atoms with Crippen molar-refractivity contribution in [3.63, 3.8) is 0 Å². The minimum absolute atomic E-state index is 1.07. The molecule has 0 spiro atoms. The largest absolute Gasteiger partial charge is 0.358 e. The van der Waals surface area contributed by atoms with Gasteiger partial charge in [-0.2, -0.15) is 0 Å². The maximum absolute atomic E-state index is 4.84. The number of aromatic amines is 1. The molecule has 2 heterocycles. The first-order valence-electron chi connectivity index (χ1n) is 8.10. The Morgan fingerprint density at radius 1 is 0.913 bits per heavy atom. The molecular weight excluding hydrogens is 280 g/mol. The van der Waals surface area contributed by atoms with Gasteiger partial charge in [0, 0.05) is 17.0 Å². The van der Waals surface area contributed by atoms with Crippen molar-refractivity contribution < 1.29 is 0 Å². The van der Waals surface area contributed by atoms with Gasteiger partial charge in [-0.05, 0) is 81.5 Å². The Morgan fingerprint density at radius 3 is 2.04 bits per heavy atom. The number of aromatic nitrogens is 1. The third-order valence-corrected chi connectivity index (χ3v) is 4.45. The van der Waals surface area contributed by atoms with Gasteiger partial charge in [-0.15, -0.1) is 0 Å². The number of aliphatic imine (C=N–C) groups is 1. The van der Waals surface area contributed by atoms with E-state index in [4.69, 9.17) is 4.99 Å². The van der Waals surface area contributed by atoms with Gasteiger partial charge in [0.1, 0.15) is 0 Å². The van der Waals surface area contributed by atoms with Crippen molar-refractivity contribution in [1.82, 2.24) is 4.98 Å². The van der Waals surface area contributed by atoms with Crippen LogP contribution in [0, 0.1) is 27.7 Å². The Labute approximate surface area is 138 Å². The first kappa shape index (κ1) is 15.5. The van der Waals surface area contributed by atoms with Gasteiger partial charge in [0.2, 0.25) is 0 Å². The number of rotatable bonds is 2. The SMILES string of the molecule is CC1=CC(C)=N/C1=C(/c1[nH]c(C)cc1C)c1c(C)cccc1C. The van der Waals surface area contributed by atoms with Crippen LogP contribution in [-0.4, -0.2) is 10.7 Å². The minimum Gasteiger partial charge on any atom is -0.358 e. The molecule has 0 bridgehead atoms. The quantitative estimate of drug-likeness (QED) is 0.766. The van der Waals surface area contributed by atoms with E-state index in [0.717, 1.165) is 11.4 Å². The fourth-order valence-electron chi connectivity index (χ4n) is 3.49. The molecule has 0 saturated carbocycles. The van der Waals surface area contributed by atoms with Gasteiger partial charge in [0.05, 0.1) is 11.4 Å². The van der Waals surface area contributed by atoms with Crippen LogP contribution in [0.4, 0.5) is 0 Å². The van der Waals surface area contributed by atoms with E-state index in [2.05, 4.69) is 76.9 Å². The van der Waals surface area contributed by atoms with Crippen LogP contribution in [0.2, 0.25) is 0 Å². The highest BCUT2D eigenvalue weighted by Crippen LogP contribution is 2.37. The van der Waals surface area contributed by atoms with E-state index >= 15 is 0 Å². The molecule has 1 aromatic heterocycles. The first-order chi connectivity index (χ1) is 10.9. The van der Waals surface area contributed by atoms with Crippen LogP contribution < -0.4 is 0 Å². The summed E-state index contributed by atoms with van der Waals surface area (Å²) in [5, 5.41) is 0. The summed E-state index contributed by atoms with van der Waals surface area (Å²) in [5.41, 5.74) is 12.1. The third-order valence-electron chi connectivity index (χ3n) is 4.45. The number of nitrogens with one attached hydrogen (secondary N) is 1. The van der Waals surface area contributed by atoms with E-state index in [1.165, 1.54) is 44.8 Å². The van der Waals surface area contributed by atoms with E-state index in [1.54, 1.807) is 0 Å². The molecule has 3 rings (SSSR count). The van der Waals surface area contributed by atoms with Crippen LogP contribution in [0.3, 0.4) is 0 Å². The third kappa shape index (κ3) is 2.70. The van der Waals surface area contributed by atoms with E-state index in [-0.39, 0.29) is 0 Å². The van der Waals surface area contributed by atoms with Crippen molar-refractivity contribution >= 4 is 11.3 Å². The number of aryl methyl sites for hydroxylation is 4. The van der Waals surface area contributed by atoms with E-state index in [9.17, 15) is 0 Å². The molecule has 1 aliphatic rings. The van der Waals surface area contributed by atoms with Crippen molar-refractivity contribution in [3.05, 3.63) is 75.3 Å². The van der Waals surface area contributed by atoms with Gasteiger partial charge in [-0.3, -0.25) is 4.99 Å². The fraction of sp³-hybridized carbons (Fsp3) is 0.286. The molecule has 0 fully saturated rings. The average molecular weight is 304 g/mol. The van der Waals surface area contributed by atoms with Gasteiger partial charge in [0.25, 0.3) is 0 Å². The number of allylic oxidation sites excluding steroid dienone is 2. The van der Waals surface area contributed by atoms with Crippen LogP contribution in [0.1, 0.15) is 47.5 Å². The molecule has 1 N–H and O–H groups in total. The lowest BCUT2D eigenvalue weighted by Gasteiger charge is -2.17. The Hall–Kier alpha value is -2.35. The van der Waals surface area contributed by atoms with Gasteiger partial charge < -0.3 is 4.98 Å². The molecule has 0 atom stereocenters. The average Bonchev–Trinajstić information content (AvgIpc) is 2.96. The fourth-order valence-corrected chi connectivity index (χ4v) is 3.49. The smallest absolute Gasteiger partial charge is 0.0762 e. The highest BCUT2D eigenvalue weighted by molar-refractivity contribution is 6.01. The topological polar surface area (TPSA) is 28.1 Å². The summed E-state index contributed by atoms with van der Waals surface area (Å²) in [6.45, 7) is 12.8. The molecule has 0 saturated heterocycles. The predicted octanol–water partition coefficient (Wildman–Crippen LogP) is 5.43. The molecule has 1 aromatic carbocycles. The summed E-state index contributed by atoms with van der Waals surface area (Å²) in [6, 6.07) is 8.68. The first-order valence-corrected chi connectivity index (χ1v) is 8.10. The zero-order valence-electron chi connectivity index (χ0n) is 14.8. The highest BCUT2D eigenvalue weighted by atomic mass is 14.8. The Balaban J connectivity index is 2.40. The van der Waals surface area contributed by atoms with Gasteiger partial charge in [-0.25, -0.2) is 0 Å². The van der Waals surface area contributed by atoms with E-state index in [0.29, 0.717) is 0 Å². The van der Waals surface area contributed by atoms with Crippen molar-refractivity contribution in [2.75, 3.05) is 0 Å².